The van der Waals surface area contributed by atoms with E-state index in [0.717, 1.165) is 16.5 Å². The smallest absolute Gasteiger partial charge is 0.121 e. The van der Waals surface area contributed by atoms with E-state index in [1.807, 2.05) is 47.1 Å². The first-order valence-electron chi connectivity index (χ1n) is 5.52. The highest BCUT2D eigenvalue weighted by atomic mass is 35.5. The van der Waals surface area contributed by atoms with E-state index >= 15 is 0 Å². The van der Waals surface area contributed by atoms with Gasteiger partial charge >= 0.3 is 0 Å². The van der Waals surface area contributed by atoms with E-state index in [2.05, 4.69) is 11.3 Å². The largest absolute Gasteiger partial charge is 0.260 e. The number of halogens is 2. The predicted octanol–water partition coefficient (Wildman–Crippen LogP) is 4.19. The molecule has 1 radical (unpaired) electrons. The third-order valence-electron chi connectivity index (χ3n) is 2.84. The van der Waals surface area contributed by atoms with Gasteiger partial charge in [-0.25, -0.2) is 0 Å². The molecule has 0 atom stereocenters. The van der Waals surface area contributed by atoms with Gasteiger partial charge in [-0.3, -0.25) is 4.68 Å². The van der Waals surface area contributed by atoms with Crippen LogP contribution in [0.25, 0.3) is 10.9 Å². The van der Waals surface area contributed by atoms with Crippen molar-refractivity contribution in [1.29, 1.82) is 0 Å². The number of para-hydroxylation sites is 1. The van der Waals surface area contributed by atoms with Crippen LogP contribution in [0, 0.1) is 6.20 Å². The molecule has 0 saturated carbocycles. The maximum absolute atomic E-state index is 6.16. The Morgan fingerprint density at radius 1 is 1.00 bits per heavy atom. The van der Waals surface area contributed by atoms with Crippen molar-refractivity contribution in [2.24, 2.45) is 0 Å². The van der Waals surface area contributed by atoms with Crippen LogP contribution in [0.4, 0.5) is 0 Å². The summed E-state index contributed by atoms with van der Waals surface area (Å²) >= 11 is 12.3. The Hall–Kier alpha value is -1.51. The molecule has 3 rings (SSSR count). The molecule has 18 heavy (non-hydrogen) atoms. The Morgan fingerprint density at radius 3 is 2.50 bits per heavy atom. The van der Waals surface area contributed by atoms with Gasteiger partial charge in [0.1, 0.15) is 6.20 Å². The average Bonchev–Trinajstić information content (AvgIpc) is 2.77. The highest BCUT2D eigenvalue weighted by Gasteiger charge is 2.09. The highest BCUT2D eigenvalue weighted by molar-refractivity contribution is 6.35. The molecule has 0 spiro atoms. The number of hydrogen-bond donors (Lipinski definition) is 0. The standard InChI is InChI=1S/C14H9Cl2N2/c15-12-5-3-6-13(16)11(12)9-18-14-7-2-1-4-10(14)8-17-18/h1-7H,9H2. The zero-order valence-electron chi connectivity index (χ0n) is 9.40. The van der Waals surface area contributed by atoms with Crippen molar-refractivity contribution < 1.29 is 0 Å². The van der Waals surface area contributed by atoms with Crippen LogP contribution in [0.1, 0.15) is 5.56 Å². The molecular formula is C14H9Cl2N2. The van der Waals surface area contributed by atoms with Crippen LogP contribution >= 0.6 is 23.2 Å². The summed E-state index contributed by atoms with van der Waals surface area (Å²) in [4.78, 5) is 0. The van der Waals surface area contributed by atoms with Crippen molar-refractivity contribution in [3.63, 3.8) is 0 Å². The molecular weight excluding hydrogens is 267 g/mol. The SMILES string of the molecule is Clc1cccc(Cl)c1Cn1n[c]c2ccccc21. The van der Waals surface area contributed by atoms with E-state index < -0.39 is 0 Å². The number of benzene rings is 2. The fourth-order valence-electron chi connectivity index (χ4n) is 1.92. The van der Waals surface area contributed by atoms with Crippen LogP contribution in [0.2, 0.25) is 10.0 Å². The van der Waals surface area contributed by atoms with Crippen LogP contribution in [-0.4, -0.2) is 9.78 Å². The van der Waals surface area contributed by atoms with E-state index in [1.54, 1.807) is 0 Å². The van der Waals surface area contributed by atoms with Crippen molar-refractivity contribution >= 4 is 34.1 Å². The third-order valence-corrected chi connectivity index (χ3v) is 3.55. The second kappa shape index (κ2) is 4.63. The van der Waals surface area contributed by atoms with Crippen molar-refractivity contribution in [3.8, 4) is 0 Å². The van der Waals surface area contributed by atoms with Crippen molar-refractivity contribution in [2.45, 2.75) is 6.54 Å². The molecule has 0 amide bonds. The van der Waals surface area contributed by atoms with Gasteiger partial charge in [0.2, 0.25) is 0 Å². The first-order chi connectivity index (χ1) is 8.75. The molecule has 0 N–H and O–H groups in total. The minimum absolute atomic E-state index is 0.544. The maximum atomic E-state index is 6.16. The summed E-state index contributed by atoms with van der Waals surface area (Å²) in [6.45, 7) is 0.544. The molecule has 3 aromatic rings. The van der Waals surface area contributed by atoms with E-state index in [4.69, 9.17) is 23.2 Å². The number of aromatic nitrogens is 2. The molecule has 0 saturated heterocycles. The summed E-state index contributed by atoms with van der Waals surface area (Å²) in [5.41, 5.74) is 1.90. The molecule has 4 heteroatoms. The minimum atomic E-state index is 0.544. The van der Waals surface area contributed by atoms with Crippen LogP contribution < -0.4 is 0 Å². The van der Waals surface area contributed by atoms with Gasteiger partial charge in [-0.1, -0.05) is 47.5 Å². The van der Waals surface area contributed by atoms with Gasteiger partial charge in [-0.2, -0.15) is 5.10 Å². The zero-order valence-corrected chi connectivity index (χ0v) is 10.9. The number of fused-ring (bicyclic) bond motifs is 1. The quantitative estimate of drug-likeness (QED) is 0.686. The van der Waals surface area contributed by atoms with Gasteiger partial charge in [0.05, 0.1) is 12.1 Å². The Balaban J connectivity index is 2.07. The molecule has 2 nitrogen and oxygen atoms in total. The lowest BCUT2D eigenvalue weighted by Crippen LogP contribution is -2.02. The normalized spacial score (nSPS) is 11.0. The molecule has 1 aromatic heterocycles. The van der Waals surface area contributed by atoms with Crippen molar-refractivity contribution in [1.82, 2.24) is 9.78 Å². The fraction of sp³-hybridized carbons (Fsp3) is 0.0714. The van der Waals surface area contributed by atoms with Crippen molar-refractivity contribution in [2.75, 3.05) is 0 Å². The third kappa shape index (κ3) is 1.98. The van der Waals surface area contributed by atoms with Crippen LogP contribution in [0.3, 0.4) is 0 Å². The summed E-state index contributed by atoms with van der Waals surface area (Å²) in [7, 11) is 0. The number of nitrogens with zero attached hydrogens (tertiary/aromatic N) is 2. The Labute approximate surface area is 115 Å². The monoisotopic (exact) mass is 275 g/mol. The highest BCUT2D eigenvalue weighted by Crippen LogP contribution is 2.26. The van der Waals surface area contributed by atoms with Gasteiger partial charge in [-0.15, -0.1) is 0 Å². The Kier molecular flexibility index (Phi) is 2.98. The molecule has 1 heterocycles. The van der Waals surface area contributed by atoms with Gasteiger partial charge in [0.25, 0.3) is 0 Å². The van der Waals surface area contributed by atoms with E-state index in [0.29, 0.717) is 16.6 Å². The lowest BCUT2D eigenvalue weighted by Gasteiger charge is -2.08. The van der Waals surface area contributed by atoms with E-state index in [-0.39, 0.29) is 0 Å². The lowest BCUT2D eigenvalue weighted by molar-refractivity contribution is 0.710. The van der Waals surface area contributed by atoms with E-state index in [1.165, 1.54) is 0 Å². The number of rotatable bonds is 2. The molecule has 0 bridgehead atoms. The maximum Gasteiger partial charge on any atom is 0.121 e. The van der Waals surface area contributed by atoms with Gasteiger partial charge in [0.15, 0.2) is 0 Å². The lowest BCUT2D eigenvalue weighted by atomic mass is 10.2. The predicted molar refractivity (Wildman–Crippen MR) is 74.1 cm³/mol. The summed E-state index contributed by atoms with van der Waals surface area (Å²) in [5.74, 6) is 0. The zero-order chi connectivity index (χ0) is 12.5. The van der Waals surface area contributed by atoms with Gasteiger partial charge < -0.3 is 0 Å². The Morgan fingerprint density at radius 2 is 1.72 bits per heavy atom. The van der Waals surface area contributed by atoms with Crippen molar-refractivity contribution in [3.05, 3.63) is 64.3 Å². The molecule has 0 unspecified atom stereocenters. The average molecular weight is 276 g/mol. The summed E-state index contributed by atoms with van der Waals surface area (Å²) < 4.78 is 1.85. The minimum Gasteiger partial charge on any atom is -0.260 e. The Bertz CT molecular complexity index is 684. The van der Waals surface area contributed by atoms with Crippen LogP contribution in [-0.2, 0) is 6.54 Å². The van der Waals surface area contributed by atoms with Crippen LogP contribution in [0.5, 0.6) is 0 Å². The second-order valence-corrected chi connectivity index (χ2v) is 4.80. The number of hydrogen-bond acceptors (Lipinski definition) is 1. The van der Waals surface area contributed by atoms with Gasteiger partial charge in [0, 0.05) is 21.0 Å². The van der Waals surface area contributed by atoms with Gasteiger partial charge in [-0.05, 0) is 18.2 Å². The summed E-state index contributed by atoms with van der Waals surface area (Å²) in [6, 6.07) is 13.4. The first kappa shape index (κ1) is 11.6. The van der Waals surface area contributed by atoms with Crippen LogP contribution in [0.15, 0.2) is 42.5 Å². The molecule has 0 aliphatic rings. The second-order valence-electron chi connectivity index (χ2n) is 3.99. The summed E-state index contributed by atoms with van der Waals surface area (Å²) in [6.07, 6.45) is 2.97. The summed E-state index contributed by atoms with van der Waals surface area (Å²) in [5, 5.41) is 6.54. The molecule has 0 aliphatic carbocycles. The van der Waals surface area contributed by atoms with E-state index in [9.17, 15) is 0 Å². The fourth-order valence-corrected chi connectivity index (χ4v) is 2.43. The molecule has 2 aromatic carbocycles. The molecule has 89 valence electrons. The molecule has 0 aliphatic heterocycles. The first-order valence-corrected chi connectivity index (χ1v) is 6.27. The topological polar surface area (TPSA) is 17.8 Å². The molecule has 0 fully saturated rings.